The lowest BCUT2D eigenvalue weighted by Crippen LogP contribution is -1.73. The number of fused-ring (bicyclic) bond motifs is 3. The summed E-state index contributed by atoms with van der Waals surface area (Å²) in [4.78, 5) is 0. The lowest BCUT2D eigenvalue weighted by Gasteiger charge is -1.97. The third-order valence-electron chi connectivity index (χ3n) is 2.43. The molecule has 0 saturated carbocycles. The van der Waals surface area contributed by atoms with Crippen LogP contribution < -0.4 is 0 Å². The van der Waals surface area contributed by atoms with Gasteiger partial charge in [0.2, 0.25) is 5.88 Å². The van der Waals surface area contributed by atoms with Crippen molar-refractivity contribution >= 4 is 21.7 Å². The van der Waals surface area contributed by atoms with E-state index >= 15 is 0 Å². The summed E-state index contributed by atoms with van der Waals surface area (Å²) < 4.78 is 0. The fourth-order valence-electron chi connectivity index (χ4n) is 1.77. The van der Waals surface area contributed by atoms with Crippen molar-refractivity contribution in [2.45, 2.75) is 0 Å². The highest BCUT2D eigenvalue weighted by Gasteiger charge is 2.06. The minimum Gasteiger partial charge on any atom is -0.493 e. The van der Waals surface area contributed by atoms with Crippen molar-refractivity contribution in [2.75, 3.05) is 0 Å². The third kappa shape index (κ3) is 0.836. The largest absolute Gasteiger partial charge is 0.493 e. The Labute approximate surface area is 80.0 Å². The summed E-state index contributed by atoms with van der Waals surface area (Å²) in [5, 5.41) is 19.1. The lowest BCUT2D eigenvalue weighted by atomic mass is 10.1. The second-order valence-corrected chi connectivity index (χ2v) is 3.25. The van der Waals surface area contributed by atoms with E-state index in [0.29, 0.717) is 0 Å². The van der Waals surface area contributed by atoms with E-state index in [1.807, 2.05) is 36.4 Å². The second kappa shape index (κ2) is 2.48. The van der Waals surface area contributed by atoms with E-state index < -0.39 is 0 Å². The zero-order valence-electron chi connectivity index (χ0n) is 7.36. The number of benzene rings is 2. The number of aromatic amines is 1. The van der Waals surface area contributed by atoms with Gasteiger partial charge in [-0.3, -0.25) is 0 Å². The molecule has 0 spiro atoms. The molecule has 1 heterocycles. The van der Waals surface area contributed by atoms with Crippen LogP contribution in [-0.2, 0) is 0 Å². The molecule has 0 aliphatic rings. The van der Waals surface area contributed by atoms with Gasteiger partial charge < -0.3 is 5.11 Å². The Morgan fingerprint density at radius 1 is 1.07 bits per heavy atom. The SMILES string of the molecule is Oc1[nH]nc2ccc3ccccc3c12. The van der Waals surface area contributed by atoms with Crippen molar-refractivity contribution in [3.8, 4) is 5.88 Å². The predicted octanol–water partition coefficient (Wildman–Crippen LogP) is 2.42. The summed E-state index contributed by atoms with van der Waals surface area (Å²) in [6.45, 7) is 0. The van der Waals surface area contributed by atoms with Crippen LogP contribution in [0.25, 0.3) is 21.7 Å². The van der Waals surface area contributed by atoms with Gasteiger partial charge in [0.25, 0.3) is 0 Å². The van der Waals surface area contributed by atoms with Gasteiger partial charge in [-0.2, -0.15) is 5.10 Å². The van der Waals surface area contributed by atoms with Crippen molar-refractivity contribution in [2.24, 2.45) is 0 Å². The van der Waals surface area contributed by atoms with Crippen molar-refractivity contribution < 1.29 is 5.11 Å². The van der Waals surface area contributed by atoms with Crippen molar-refractivity contribution in [3.05, 3.63) is 36.4 Å². The molecule has 0 saturated heterocycles. The van der Waals surface area contributed by atoms with E-state index in [9.17, 15) is 5.11 Å². The van der Waals surface area contributed by atoms with Gasteiger partial charge in [-0.1, -0.05) is 30.3 Å². The maximum atomic E-state index is 9.59. The van der Waals surface area contributed by atoms with Gasteiger partial charge in [-0.25, -0.2) is 5.10 Å². The number of hydrogen-bond acceptors (Lipinski definition) is 2. The van der Waals surface area contributed by atoms with Gasteiger partial charge in [-0.15, -0.1) is 0 Å². The highest BCUT2D eigenvalue weighted by molar-refractivity contribution is 6.08. The maximum Gasteiger partial charge on any atom is 0.215 e. The highest BCUT2D eigenvalue weighted by atomic mass is 16.3. The minimum absolute atomic E-state index is 0.136. The fourth-order valence-corrected chi connectivity index (χ4v) is 1.77. The van der Waals surface area contributed by atoms with Gasteiger partial charge in [0.05, 0.1) is 10.9 Å². The first-order valence-corrected chi connectivity index (χ1v) is 4.41. The first-order chi connectivity index (χ1) is 6.86. The summed E-state index contributed by atoms with van der Waals surface area (Å²) in [6.07, 6.45) is 0. The normalized spacial score (nSPS) is 11.1. The van der Waals surface area contributed by atoms with Crippen LogP contribution in [0.5, 0.6) is 5.88 Å². The number of hydrogen-bond donors (Lipinski definition) is 2. The highest BCUT2D eigenvalue weighted by Crippen LogP contribution is 2.29. The molecular weight excluding hydrogens is 176 g/mol. The second-order valence-electron chi connectivity index (χ2n) is 3.25. The Morgan fingerprint density at radius 3 is 2.86 bits per heavy atom. The van der Waals surface area contributed by atoms with E-state index in [0.717, 1.165) is 21.7 Å². The molecular formula is C11H8N2O. The molecule has 3 aromatic rings. The smallest absolute Gasteiger partial charge is 0.215 e. The first kappa shape index (κ1) is 7.38. The minimum atomic E-state index is 0.136. The van der Waals surface area contributed by atoms with Crippen LogP contribution in [0.3, 0.4) is 0 Å². The van der Waals surface area contributed by atoms with Gasteiger partial charge in [0.15, 0.2) is 0 Å². The van der Waals surface area contributed by atoms with E-state index in [4.69, 9.17) is 0 Å². The molecule has 1 aromatic heterocycles. The Bertz CT molecular complexity index is 613. The topological polar surface area (TPSA) is 48.9 Å². The lowest BCUT2D eigenvalue weighted by molar-refractivity contribution is 0.457. The van der Waals surface area contributed by atoms with E-state index in [-0.39, 0.29) is 5.88 Å². The quantitative estimate of drug-likeness (QED) is 0.563. The third-order valence-corrected chi connectivity index (χ3v) is 2.43. The zero-order valence-corrected chi connectivity index (χ0v) is 7.36. The van der Waals surface area contributed by atoms with Crippen LogP contribution in [-0.4, -0.2) is 15.3 Å². The average Bonchev–Trinajstić information content (AvgIpc) is 2.61. The van der Waals surface area contributed by atoms with Crippen molar-refractivity contribution in [3.63, 3.8) is 0 Å². The fraction of sp³-hybridized carbons (Fsp3) is 0. The number of nitrogens with one attached hydrogen (secondary N) is 1. The number of aromatic nitrogens is 2. The molecule has 14 heavy (non-hydrogen) atoms. The summed E-state index contributed by atoms with van der Waals surface area (Å²) in [6, 6.07) is 11.8. The average molecular weight is 184 g/mol. The van der Waals surface area contributed by atoms with Crippen LogP contribution in [0.1, 0.15) is 0 Å². The Hall–Kier alpha value is -2.03. The molecule has 0 radical (unpaired) electrons. The van der Waals surface area contributed by atoms with E-state index in [1.165, 1.54) is 0 Å². The Morgan fingerprint density at radius 2 is 1.93 bits per heavy atom. The molecule has 2 aromatic carbocycles. The Balaban J connectivity index is 2.65. The summed E-state index contributed by atoms with van der Waals surface area (Å²) in [5.74, 6) is 0.136. The van der Waals surface area contributed by atoms with Crippen LogP contribution in [0.4, 0.5) is 0 Å². The zero-order chi connectivity index (χ0) is 9.54. The number of aromatic hydroxyl groups is 1. The van der Waals surface area contributed by atoms with Gasteiger partial charge in [0.1, 0.15) is 0 Å². The summed E-state index contributed by atoms with van der Waals surface area (Å²) in [5.41, 5.74) is 0.793. The molecule has 0 bridgehead atoms. The molecule has 3 heteroatoms. The summed E-state index contributed by atoms with van der Waals surface area (Å²) >= 11 is 0. The molecule has 0 amide bonds. The monoisotopic (exact) mass is 184 g/mol. The Kier molecular flexibility index (Phi) is 1.31. The molecule has 2 N–H and O–H groups in total. The molecule has 3 nitrogen and oxygen atoms in total. The van der Waals surface area contributed by atoms with Crippen molar-refractivity contribution in [1.82, 2.24) is 10.2 Å². The number of rotatable bonds is 0. The number of nitrogens with zero attached hydrogens (tertiary/aromatic N) is 1. The molecule has 3 rings (SSSR count). The van der Waals surface area contributed by atoms with E-state index in [1.54, 1.807) is 0 Å². The molecule has 0 unspecified atom stereocenters. The van der Waals surface area contributed by atoms with Crippen molar-refractivity contribution in [1.29, 1.82) is 0 Å². The molecule has 0 atom stereocenters. The van der Waals surface area contributed by atoms with Crippen LogP contribution in [0.2, 0.25) is 0 Å². The first-order valence-electron chi connectivity index (χ1n) is 4.41. The number of H-pyrrole nitrogens is 1. The molecule has 0 aliphatic heterocycles. The molecule has 0 fully saturated rings. The maximum absolute atomic E-state index is 9.59. The predicted molar refractivity (Wildman–Crippen MR) is 55.3 cm³/mol. The van der Waals surface area contributed by atoms with Gasteiger partial charge in [0, 0.05) is 0 Å². The standard InChI is InChI=1S/C11H8N2O/c14-11-10-8-4-2-1-3-7(8)5-6-9(10)12-13-11/h1-6H,(H2,12,13,14). The van der Waals surface area contributed by atoms with Crippen LogP contribution >= 0.6 is 0 Å². The van der Waals surface area contributed by atoms with Crippen LogP contribution in [0.15, 0.2) is 36.4 Å². The van der Waals surface area contributed by atoms with Crippen LogP contribution in [0, 0.1) is 0 Å². The van der Waals surface area contributed by atoms with E-state index in [2.05, 4.69) is 10.2 Å². The van der Waals surface area contributed by atoms with Gasteiger partial charge >= 0.3 is 0 Å². The molecule has 68 valence electrons. The summed E-state index contributed by atoms with van der Waals surface area (Å²) in [7, 11) is 0. The van der Waals surface area contributed by atoms with Gasteiger partial charge in [-0.05, 0) is 16.8 Å². The molecule has 0 aliphatic carbocycles.